The van der Waals surface area contributed by atoms with Crippen molar-refractivity contribution in [1.29, 1.82) is 0 Å². The molecule has 2 aromatic carbocycles. The van der Waals surface area contributed by atoms with Crippen LogP contribution in [0.3, 0.4) is 0 Å². The second kappa shape index (κ2) is 8.15. The number of benzene rings is 2. The van der Waals surface area contributed by atoms with Crippen LogP contribution in [0, 0.1) is 0 Å². The van der Waals surface area contributed by atoms with E-state index in [1.165, 1.54) is 11.3 Å². The molecule has 0 unspecified atom stereocenters. The molecule has 0 atom stereocenters. The number of hydrogen-bond acceptors (Lipinski definition) is 7. The van der Waals surface area contributed by atoms with Gasteiger partial charge >= 0.3 is 0 Å². The van der Waals surface area contributed by atoms with Crippen LogP contribution in [0.1, 0.15) is 10.5 Å². The third-order valence-corrected chi connectivity index (χ3v) is 4.97. The molecule has 2 aromatic heterocycles. The van der Waals surface area contributed by atoms with E-state index < -0.39 is 5.91 Å². The maximum atomic E-state index is 12.5. The first kappa shape index (κ1) is 18.7. The first-order valence-corrected chi connectivity index (χ1v) is 9.57. The Bertz CT molecular complexity index is 1140. The summed E-state index contributed by atoms with van der Waals surface area (Å²) in [6, 6.07) is 16.5. The van der Waals surface area contributed by atoms with Gasteiger partial charge in [0.15, 0.2) is 16.6 Å². The van der Waals surface area contributed by atoms with Crippen molar-refractivity contribution < 1.29 is 18.8 Å². The molecular formula is C21H17N3O4S. The summed E-state index contributed by atoms with van der Waals surface area (Å²) in [5.74, 6) is 1.49. The average molecular weight is 407 g/mol. The van der Waals surface area contributed by atoms with Crippen molar-refractivity contribution in [2.24, 2.45) is 0 Å². The smallest absolute Gasteiger partial charge is 0.279 e. The number of carbonyl (C=O) groups is 1. The fourth-order valence-electron chi connectivity index (χ4n) is 2.75. The summed E-state index contributed by atoms with van der Waals surface area (Å²) in [5.41, 5.74) is 2.47. The van der Waals surface area contributed by atoms with E-state index in [1.54, 1.807) is 20.3 Å². The molecule has 0 aliphatic heterocycles. The summed E-state index contributed by atoms with van der Waals surface area (Å²) >= 11 is 1.31. The summed E-state index contributed by atoms with van der Waals surface area (Å²) in [4.78, 5) is 17.0. The standard InChI is InChI=1S/C21H17N3O4S/c1-26-14-8-9-18(27-2)15(10-14)17-12-29-21(22-17)23-20(25)16-11-19(28-24-16)13-6-4-3-5-7-13/h3-12H,1-2H3,(H,22,23,25). The van der Waals surface area contributed by atoms with Crippen LogP contribution in [-0.2, 0) is 0 Å². The fraction of sp³-hybridized carbons (Fsp3) is 0.0952. The number of amides is 1. The van der Waals surface area contributed by atoms with E-state index in [0.717, 1.165) is 11.1 Å². The van der Waals surface area contributed by atoms with E-state index in [9.17, 15) is 4.79 Å². The molecule has 29 heavy (non-hydrogen) atoms. The van der Waals surface area contributed by atoms with Crippen molar-refractivity contribution >= 4 is 22.4 Å². The van der Waals surface area contributed by atoms with Gasteiger partial charge < -0.3 is 14.0 Å². The van der Waals surface area contributed by atoms with Crippen LogP contribution >= 0.6 is 11.3 Å². The van der Waals surface area contributed by atoms with Gasteiger partial charge in [0.05, 0.1) is 19.9 Å². The van der Waals surface area contributed by atoms with Crippen molar-refractivity contribution in [3.8, 4) is 34.1 Å². The predicted octanol–water partition coefficient (Wildman–Crippen LogP) is 4.73. The van der Waals surface area contributed by atoms with E-state index in [2.05, 4.69) is 15.5 Å². The van der Waals surface area contributed by atoms with Gasteiger partial charge in [0, 0.05) is 22.6 Å². The molecule has 0 saturated carbocycles. The van der Waals surface area contributed by atoms with Crippen molar-refractivity contribution in [3.63, 3.8) is 0 Å². The number of carbonyl (C=O) groups excluding carboxylic acids is 1. The zero-order chi connectivity index (χ0) is 20.2. The zero-order valence-electron chi connectivity index (χ0n) is 15.7. The highest BCUT2D eigenvalue weighted by atomic mass is 32.1. The summed E-state index contributed by atoms with van der Waals surface area (Å²) in [7, 11) is 3.19. The van der Waals surface area contributed by atoms with Gasteiger partial charge in [-0.2, -0.15) is 0 Å². The lowest BCUT2D eigenvalue weighted by molar-refractivity contribution is 0.101. The summed E-state index contributed by atoms with van der Waals surface area (Å²) in [5, 5.41) is 8.89. The van der Waals surface area contributed by atoms with Crippen molar-refractivity contribution in [2.45, 2.75) is 0 Å². The van der Waals surface area contributed by atoms with Crippen LogP contribution in [-0.4, -0.2) is 30.3 Å². The minimum Gasteiger partial charge on any atom is -0.497 e. The van der Waals surface area contributed by atoms with Crippen molar-refractivity contribution in [3.05, 3.63) is 65.7 Å². The molecule has 146 valence electrons. The maximum Gasteiger partial charge on any atom is 0.279 e. The molecule has 1 amide bonds. The van der Waals surface area contributed by atoms with Gasteiger partial charge in [-0.1, -0.05) is 35.5 Å². The molecule has 4 aromatic rings. The van der Waals surface area contributed by atoms with E-state index in [-0.39, 0.29) is 5.69 Å². The van der Waals surface area contributed by atoms with Crippen LogP contribution in [0.25, 0.3) is 22.6 Å². The number of thiazole rings is 1. The van der Waals surface area contributed by atoms with E-state index in [4.69, 9.17) is 14.0 Å². The Balaban J connectivity index is 1.53. The van der Waals surface area contributed by atoms with Crippen LogP contribution < -0.4 is 14.8 Å². The van der Waals surface area contributed by atoms with Gasteiger partial charge in [-0.25, -0.2) is 4.98 Å². The topological polar surface area (TPSA) is 86.5 Å². The molecule has 0 spiro atoms. The van der Waals surface area contributed by atoms with Crippen molar-refractivity contribution in [1.82, 2.24) is 10.1 Å². The summed E-state index contributed by atoms with van der Waals surface area (Å²) in [6.07, 6.45) is 0. The number of hydrogen-bond donors (Lipinski definition) is 1. The minimum absolute atomic E-state index is 0.180. The highest BCUT2D eigenvalue weighted by Gasteiger charge is 2.17. The quantitative estimate of drug-likeness (QED) is 0.497. The van der Waals surface area contributed by atoms with E-state index in [0.29, 0.717) is 28.1 Å². The van der Waals surface area contributed by atoms with Crippen LogP contribution in [0.5, 0.6) is 11.5 Å². The van der Waals surface area contributed by atoms with Gasteiger partial charge in [-0.15, -0.1) is 11.3 Å². The molecule has 7 nitrogen and oxygen atoms in total. The number of aromatic nitrogens is 2. The van der Waals surface area contributed by atoms with E-state index in [1.807, 2.05) is 53.9 Å². The van der Waals surface area contributed by atoms with E-state index >= 15 is 0 Å². The SMILES string of the molecule is COc1ccc(OC)c(-c2csc(NC(=O)c3cc(-c4ccccc4)on3)n2)c1. The largest absolute Gasteiger partial charge is 0.497 e. The first-order chi connectivity index (χ1) is 14.2. The molecule has 0 bridgehead atoms. The summed E-state index contributed by atoms with van der Waals surface area (Å²) < 4.78 is 16.0. The number of ether oxygens (including phenoxy) is 2. The van der Waals surface area contributed by atoms with Gasteiger partial charge in [-0.3, -0.25) is 10.1 Å². The normalized spacial score (nSPS) is 10.6. The highest BCUT2D eigenvalue weighted by molar-refractivity contribution is 7.14. The molecule has 0 fully saturated rings. The monoisotopic (exact) mass is 407 g/mol. The maximum absolute atomic E-state index is 12.5. The fourth-order valence-corrected chi connectivity index (χ4v) is 3.46. The highest BCUT2D eigenvalue weighted by Crippen LogP contribution is 2.35. The molecule has 4 rings (SSSR count). The summed E-state index contributed by atoms with van der Waals surface area (Å²) in [6.45, 7) is 0. The Morgan fingerprint density at radius 3 is 2.66 bits per heavy atom. The second-order valence-electron chi connectivity index (χ2n) is 6.00. The number of methoxy groups -OCH3 is 2. The lowest BCUT2D eigenvalue weighted by Crippen LogP contribution is -2.11. The Hall–Kier alpha value is -3.65. The van der Waals surface area contributed by atoms with Gasteiger partial charge in [0.25, 0.3) is 5.91 Å². The third-order valence-electron chi connectivity index (χ3n) is 4.21. The lowest BCUT2D eigenvalue weighted by atomic mass is 10.1. The Morgan fingerprint density at radius 1 is 1.07 bits per heavy atom. The minimum atomic E-state index is -0.394. The lowest BCUT2D eigenvalue weighted by Gasteiger charge is -2.08. The average Bonchev–Trinajstić information content (AvgIpc) is 3.44. The van der Waals surface area contributed by atoms with Gasteiger partial charge in [-0.05, 0) is 18.2 Å². The van der Waals surface area contributed by atoms with Crippen LogP contribution in [0.2, 0.25) is 0 Å². The first-order valence-electron chi connectivity index (χ1n) is 8.69. The molecule has 0 aliphatic carbocycles. The molecule has 2 heterocycles. The van der Waals surface area contributed by atoms with Gasteiger partial charge in [0.2, 0.25) is 0 Å². The Labute approximate surface area is 170 Å². The zero-order valence-corrected chi connectivity index (χ0v) is 16.5. The number of nitrogens with zero attached hydrogens (tertiary/aromatic N) is 2. The molecule has 0 aliphatic rings. The van der Waals surface area contributed by atoms with Gasteiger partial charge in [0.1, 0.15) is 11.5 Å². The number of anilines is 1. The Morgan fingerprint density at radius 2 is 1.90 bits per heavy atom. The predicted molar refractivity (Wildman–Crippen MR) is 111 cm³/mol. The number of rotatable bonds is 6. The molecule has 8 heteroatoms. The molecular weight excluding hydrogens is 390 g/mol. The number of nitrogens with one attached hydrogen (secondary N) is 1. The van der Waals surface area contributed by atoms with Crippen LogP contribution in [0.4, 0.5) is 5.13 Å². The molecule has 0 radical (unpaired) electrons. The van der Waals surface area contributed by atoms with Crippen molar-refractivity contribution in [2.75, 3.05) is 19.5 Å². The third kappa shape index (κ3) is 3.97. The molecule has 0 saturated heterocycles. The second-order valence-corrected chi connectivity index (χ2v) is 6.86. The molecule has 1 N–H and O–H groups in total. The van der Waals surface area contributed by atoms with Crippen LogP contribution in [0.15, 0.2) is 64.5 Å². The Kier molecular flexibility index (Phi) is 5.26.